The Morgan fingerprint density at radius 2 is 2.25 bits per heavy atom. The van der Waals surface area contributed by atoms with Crippen LogP contribution in [0.3, 0.4) is 0 Å². The Hall–Kier alpha value is -2.68. The van der Waals surface area contributed by atoms with Crippen LogP contribution in [0.1, 0.15) is 20.8 Å². The van der Waals surface area contributed by atoms with Crippen molar-refractivity contribution in [2.45, 2.75) is 34.0 Å². The highest BCUT2D eigenvalue weighted by atomic mass is 16.5. The predicted octanol–water partition coefficient (Wildman–Crippen LogP) is 1.89. The van der Waals surface area contributed by atoms with Crippen molar-refractivity contribution in [1.29, 1.82) is 0 Å². The Morgan fingerprint density at radius 3 is 2.83 bits per heavy atom. The van der Waals surface area contributed by atoms with E-state index in [-0.39, 0.29) is 36.4 Å². The molecule has 24 heavy (non-hydrogen) atoms. The Morgan fingerprint density at radius 1 is 1.58 bits per heavy atom. The van der Waals surface area contributed by atoms with Crippen molar-refractivity contribution in [3.63, 3.8) is 0 Å². The second-order valence-corrected chi connectivity index (χ2v) is 6.56. The van der Waals surface area contributed by atoms with E-state index in [0.29, 0.717) is 0 Å². The zero-order valence-corrected chi connectivity index (χ0v) is 14.2. The van der Waals surface area contributed by atoms with Crippen molar-refractivity contribution >= 4 is 5.97 Å². The van der Waals surface area contributed by atoms with E-state index in [1.807, 2.05) is 26.8 Å². The molecule has 2 rings (SSSR count). The number of nitrogens with zero attached hydrogens (tertiary/aromatic N) is 2. The topological polar surface area (TPSA) is 73.5 Å². The van der Waals surface area contributed by atoms with Crippen LogP contribution in [0.4, 0.5) is 0 Å². The van der Waals surface area contributed by atoms with Gasteiger partial charge in [0.2, 0.25) is 5.88 Å². The third-order valence-electron chi connectivity index (χ3n) is 4.55. The number of imidazole rings is 1. The van der Waals surface area contributed by atoms with Crippen molar-refractivity contribution in [2.24, 2.45) is 17.3 Å². The molecule has 1 fully saturated rings. The molecule has 0 saturated heterocycles. The number of allylic oxidation sites excluding steroid dienone is 3. The van der Waals surface area contributed by atoms with Crippen LogP contribution < -0.4 is 5.69 Å². The van der Waals surface area contributed by atoms with Crippen LogP contribution in [0.2, 0.25) is 0 Å². The number of carbonyl (C=O) groups excluding carboxylic acids is 1. The normalized spacial score (nSPS) is 21.8. The molecule has 1 aromatic rings. The standard InChI is InChI=1S/C18H22N2O4/c1-6-8-19-10-14(21)20(17(19)23)11-24-16(22)15-13(18(15,4)5)9-12(3)7-2/h1,7,9-10,13,15,21H,2,8,11H2,3-5H3. The summed E-state index contributed by atoms with van der Waals surface area (Å²) in [6.45, 7) is 9.31. The van der Waals surface area contributed by atoms with Gasteiger partial charge in [-0.1, -0.05) is 44.1 Å². The van der Waals surface area contributed by atoms with Crippen LogP contribution in [-0.2, 0) is 22.8 Å². The predicted molar refractivity (Wildman–Crippen MR) is 90.0 cm³/mol. The third kappa shape index (κ3) is 3.16. The molecule has 0 aromatic carbocycles. The smallest absolute Gasteiger partial charge is 0.334 e. The van der Waals surface area contributed by atoms with Crippen LogP contribution in [0.25, 0.3) is 0 Å². The van der Waals surface area contributed by atoms with Gasteiger partial charge in [0.15, 0.2) is 6.73 Å². The fourth-order valence-electron chi connectivity index (χ4n) is 2.86. The minimum atomic E-state index is -0.521. The molecule has 1 saturated carbocycles. The third-order valence-corrected chi connectivity index (χ3v) is 4.55. The van der Waals surface area contributed by atoms with E-state index in [1.165, 1.54) is 10.8 Å². The van der Waals surface area contributed by atoms with Gasteiger partial charge in [0.05, 0.1) is 18.7 Å². The highest BCUT2D eigenvalue weighted by Crippen LogP contribution is 2.59. The number of esters is 1. The van der Waals surface area contributed by atoms with Gasteiger partial charge in [-0.2, -0.15) is 0 Å². The maximum Gasteiger partial charge on any atom is 0.334 e. The van der Waals surface area contributed by atoms with Crippen molar-refractivity contribution < 1.29 is 14.6 Å². The first-order chi connectivity index (χ1) is 11.2. The van der Waals surface area contributed by atoms with Gasteiger partial charge in [-0.15, -0.1) is 6.42 Å². The van der Waals surface area contributed by atoms with Gasteiger partial charge < -0.3 is 9.84 Å². The zero-order chi connectivity index (χ0) is 18.1. The Labute approximate surface area is 141 Å². The van der Waals surface area contributed by atoms with Gasteiger partial charge in [0.1, 0.15) is 0 Å². The van der Waals surface area contributed by atoms with Crippen molar-refractivity contribution in [2.75, 3.05) is 0 Å². The number of terminal acetylenes is 1. The lowest BCUT2D eigenvalue weighted by Crippen LogP contribution is -2.26. The maximum atomic E-state index is 12.3. The lowest BCUT2D eigenvalue weighted by Gasteiger charge is -2.06. The molecule has 128 valence electrons. The molecular weight excluding hydrogens is 308 g/mol. The summed E-state index contributed by atoms with van der Waals surface area (Å²) in [6, 6.07) is 0. The molecule has 1 aliphatic rings. The lowest BCUT2D eigenvalue weighted by atomic mass is 10.1. The summed E-state index contributed by atoms with van der Waals surface area (Å²) in [5.41, 5.74) is 0.278. The fraction of sp³-hybridized carbons (Fsp3) is 0.444. The number of rotatable bonds is 6. The number of carbonyl (C=O) groups is 1. The van der Waals surface area contributed by atoms with E-state index >= 15 is 0 Å². The summed E-state index contributed by atoms with van der Waals surface area (Å²) >= 11 is 0. The molecular formula is C18H22N2O4. The van der Waals surface area contributed by atoms with E-state index in [0.717, 1.165) is 10.1 Å². The first-order valence-electron chi connectivity index (χ1n) is 7.64. The zero-order valence-electron chi connectivity index (χ0n) is 14.2. The number of aromatic nitrogens is 2. The Balaban J connectivity index is 2.06. The minimum Gasteiger partial charge on any atom is -0.493 e. The van der Waals surface area contributed by atoms with Gasteiger partial charge in [0, 0.05) is 0 Å². The van der Waals surface area contributed by atoms with Gasteiger partial charge in [-0.3, -0.25) is 9.36 Å². The molecule has 0 amide bonds. The van der Waals surface area contributed by atoms with E-state index in [4.69, 9.17) is 11.2 Å². The summed E-state index contributed by atoms with van der Waals surface area (Å²) in [6.07, 6.45) is 10.1. The highest BCUT2D eigenvalue weighted by Gasteiger charge is 2.61. The second-order valence-electron chi connectivity index (χ2n) is 6.56. The first kappa shape index (κ1) is 17.7. The molecule has 0 spiro atoms. The van der Waals surface area contributed by atoms with Crippen molar-refractivity contribution in [1.82, 2.24) is 9.13 Å². The van der Waals surface area contributed by atoms with Gasteiger partial charge in [-0.05, 0) is 18.3 Å². The van der Waals surface area contributed by atoms with Gasteiger partial charge in [0.25, 0.3) is 0 Å². The van der Waals surface area contributed by atoms with E-state index in [9.17, 15) is 14.7 Å². The number of hydrogen-bond acceptors (Lipinski definition) is 4. The van der Waals surface area contributed by atoms with E-state index in [2.05, 4.69) is 12.5 Å². The molecule has 0 radical (unpaired) electrons. The van der Waals surface area contributed by atoms with Crippen LogP contribution in [0, 0.1) is 29.6 Å². The van der Waals surface area contributed by atoms with Crippen LogP contribution in [-0.4, -0.2) is 20.2 Å². The monoisotopic (exact) mass is 330 g/mol. The average molecular weight is 330 g/mol. The lowest BCUT2D eigenvalue weighted by molar-refractivity contribution is -0.150. The molecule has 1 heterocycles. The Bertz CT molecular complexity index is 789. The van der Waals surface area contributed by atoms with E-state index < -0.39 is 11.7 Å². The molecule has 0 bridgehead atoms. The van der Waals surface area contributed by atoms with Gasteiger partial charge in [-0.25, -0.2) is 9.36 Å². The maximum absolute atomic E-state index is 12.3. The van der Waals surface area contributed by atoms with Crippen molar-refractivity contribution in [3.8, 4) is 18.2 Å². The first-order valence-corrected chi connectivity index (χ1v) is 7.64. The largest absolute Gasteiger partial charge is 0.493 e. The molecule has 0 aliphatic heterocycles. The summed E-state index contributed by atoms with van der Waals surface area (Å²) in [4.78, 5) is 24.3. The second kappa shape index (κ2) is 6.44. The SMILES string of the molecule is C#CCn1cc(O)n(COC(=O)C2C(C=C(C)C=C)C2(C)C)c1=O. The summed E-state index contributed by atoms with van der Waals surface area (Å²) in [5.74, 6) is 1.42. The van der Waals surface area contributed by atoms with Crippen LogP contribution >= 0.6 is 0 Å². The number of ether oxygens (including phenoxy) is 1. The molecule has 6 heteroatoms. The van der Waals surface area contributed by atoms with Crippen molar-refractivity contribution in [3.05, 3.63) is 41.0 Å². The highest BCUT2D eigenvalue weighted by molar-refractivity contribution is 5.78. The fourth-order valence-corrected chi connectivity index (χ4v) is 2.86. The van der Waals surface area contributed by atoms with E-state index in [1.54, 1.807) is 6.08 Å². The van der Waals surface area contributed by atoms with Crippen LogP contribution in [0.15, 0.2) is 35.3 Å². The molecule has 1 aromatic heterocycles. The molecule has 1 N–H and O–H groups in total. The average Bonchev–Trinajstić information content (AvgIpc) is 2.94. The summed E-state index contributed by atoms with van der Waals surface area (Å²) in [5, 5.41) is 9.77. The molecule has 6 nitrogen and oxygen atoms in total. The van der Waals surface area contributed by atoms with Crippen LogP contribution in [0.5, 0.6) is 5.88 Å². The molecule has 1 aliphatic carbocycles. The molecule has 2 unspecified atom stereocenters. The summed E-state index contributed by atoms with van der Waals surface area (Å²) < 4.78 is 7.36. The quantitative estimate of drug-likeness (QED) is 0.491. The minimum absolute atomic E-state index is 0.0384. The molecule has 2 atom stereocenters. The Kier molecular flexibility index (Phi) is 4.74. The van der Waals surface area contributed by atoms with Gasteiger partial charge >= 0.3 is 11.7 Å². The number of hydrogen-bond donors (Lipinski definition) is 1. The summed E-state index contributed by atoms with van der Waals surface area (Å²) in [7, 11) is 0. The number of aromatic hydroxyl groups is 1.